The molecule has 0 N–H and O–H groups in total. The van der Waals surface area contributed by atoms with E-state index in [0.717, 1.165) is 6.08 Å². The highest BCUT2D eigenvalue weighted by Gasteiger charge is 2.11. The van der Waals surface area contributed by atoms with Gasteiger partial charge in [0.15, 0.2) is 0 Å². The lowest BCUT2D eigenvalue weighted by Crippen LogP contribution is -2.20. The van der Waals surface area contributed by atoms with Crippen LogP contribution in [-0.4, -0.2) is 18.4 Å². The van der Waals surface area contributed by atoms with Gasteiger partial charge < -0.3 is 9.47 Å². The van der Waals surface area contributed by atoms with Crippen molar-refractivity contribution in [2.24, 2.45) is 0 Å². The van der Waals surface area contributed by atoms with E-state index in [-0.39, 0.29) is 6.10 Å². The molecule has 1 unspecified atom stereocenters. The zero-order chi connectivity index (χ0) is 9.68. The fourth-order valence-electron chi connectivity index (χ4n) is 0.963. The minimum absolute atomic E-state index is 0.0902. The summed E-state index contributed by atoms with van der Waals surface area (Å²) in [6.45, 7) is 4.96. The van der Waals surface area contributed by atoms with E-state index in [1.165, 1.54) is 0 Å². The molecule has 1 atom stereocenters. The van der Waals surface area contributed by atoms with Gasteiger partial charge >= 0.3 is 5.97 Å². The molecule has 0 aromatic heterocycles. The number of carbonyl (C=O) groups excluding carboxylic acids is 1. The van der Waals surface area contributed by atoms with Crippen molar-refractivity contribution in [1.29, 1.82) is 0 Å². The average molecular weight is 180 g/mol. The van der Waals surface area contributed by atoms with Crippen molar-refractivity contribution in [1.82, 2.24) is 0 Å². The monoisotopic (exact) mass is 180 g/mol. The van der Waals surface area contributed by atoms with Gasteiger partial charge in [-0.05, 0) is 6.92 Å². The molecule has 70 valence electrons. The second kappa shape index (κ2) is 4.62. The van der Waals surface area contributed by atoms with Gasteiger partial charge in [-0.25, -0.2) is 4.79 Å². The highest BCUT2D eigenvalue weighted by atomic mass is 16.7. The van der Waals surface area contributed by atoms with Crippen LogP contribution in [0.15, 0.2) is 37.0 Å². The summed E-state index contributed by atoms with van der Waals surface area (Å²) in [5, 5.41) is 0. The molecule has 0 saturated carbocycles. The summed E-state index contributed by atoms with van der Waals surface area (Å²) in [6, 6.07) is 0. The van der Waals surface area contributed by atoms with Crippen LogP contribution in [0, 0.1) is 0 Å². The number of ether oxygens (including phenoxy) is 2. The summed E-state index contributed by atoms with van der Waals surface area (Å²) in [7, 11) is 0. The van der Waals surface area contributed by atoms with Gasteiger partial charge in [0.05, 0.1) is 6.10 Å². The van der Waals surface area contributed by atoms with Gasteiger partial charge in [-0.3, -0.25) is 0 Å². The Balaban J connectivity index is 2.28. The average Bonchev–Trinajstić information content (AvgIpc) is 2.56. The molecule has 0 heterocycles. The molecule has 0 aromatic rings. The van der Waals surface area contributed by atoms with E-state index in [9.17, 15) is 4.79 Å². The molecular formula is C10H12O3. The first-order valence-corrected chi connectivity index (χ1v) is 4.06. The smallest absolute Gasteiger partial charge is 0.332 e. The van der Waals surface area contributed by atoms with Gasteiger partial charge in [0.1, 0.15) is 0 Å². The van der Waals surface area contributed by atoms with Crippen molar-refractivity contribution in [3.8, 4) is 0 Å². The van der Waals surface area contributed by atoms with Crippen molar-refractivity contribution in [3.63, 3.8) is 0 Å². The van der Waals surface area contributed by atoms with Crippen molar-refractivity contribution >= 4 is 5.97 Å². The highest BCUT2D eigenvalue weighted by Crippen LogP contribution is 2.08. The van der Waals surface area contributed by atoms with Crippen LogP contribution in [-0.2, 0) is 14.3 Å². The topological polar surface area (TPSA) is 35.5 Å². The van der Waals surface area contributed by atoms with E-state index < -0.39 is 12.3 Å². The van der Waals surface area contributed by atoms with Gasteiger partial charge in [-0.15, -0.1) is 0 Å². The van der Waals surface area contributed by atoms with E-state index in [1.54, 1.807) is 6.92 Å². The molecule has 0 bridgehead atoms. The fraction of sp³-hybridized carbons (Fsp3) is 0.300. The predicted molar refractivity (Wildman–Crippen MR) is 48.9 cm³/mol. The molecule has 3 nitrogen and oxygen atoms in total. The molecule has 0 spiro atoms. The Bertz CT molecular complexity index is 241. The Hall–Kier alpha value is -1.35. The van der Waals surface area contributed by atoms with Crippen LogP contribution in [0.2, 0.25) is 0 Å². The van der Waals surface area contributed by atoms with E-state index in [4.69, 9.17) is 9.47 Å². The van der Waals surface area contributed by atoms with E-state index in [2.05, 4.69) is 6.58 Å². The zero-order valence-electron chi connectivity index (χ0n) is 7.47. The lowest BCUT2D eigenvalue weighted by atomic mass is 10.4. The molecule has 1 rings (SSSR count). The molecule has 1 aliphatic carbocycles. The van der Waals surface area contributed by atoms with Crippen LogP contribution < -0.4 is 0 Å². The maximum Gasteiger partial charge on any atom is 0.332 e. The van der Waals surface area contributed by atoms with Crippen LogP contribution in [0.4, 0.5) is 0 Å². The predicted octanol–water partition coefficient (Wildman–Crippen LogP) is 1.57. The molecular weight excluding hydrogens is 168 g/mol. The SMILES string of the molecule is C=CC(=O)OC(C)OC1C=CC=C1. The van der Waals surface area contributed by atoms with Crippen LogP contribution in [0.5, 0.6) is 0 Å². The van der Waals surface area contributed by atoms with Gasteiger partial charge in [0.2, 0.25) is 6.29 Å². The van der Waals surface area contributed by atoms with Gasteiger partial charge in [-0.2, -0.15) is 0 Å². The van der Waals surface area contributed by atoms with Crippen molar-refractivity contribution in [2.75, 3.05) is 0 Å². The van der Waals surface area contributed by atoms with Crippen LogP contribution >= 0.6 is 0 Å². The van der Waals surface area contributed by atoms with Crippen LogP contribution in [0.1, 0.15) is 6.92 Å². The molecule has 0 saturated heterocycles. The van der Waals surface area contributed by atoms with E-state index in [0.29, 0.717) is 0 Å². The summed E-state index contributed by atoms with van der Waals surface area (Å²) >= 11 is 0. The van der Waals surface area contributed by atoms with Crippen LogP contribution in [0.3, 0.4) is 0 Å². The third-order valence-corrected chi connectivity index (χ3v) is 1.51. The minimum atomic E-state index is -0.553. The number of esters is 1. The fourth-order valence-corrected chi connectivity index (χ4v) is 0.963. The summed E-state index contributed by atoms with van der Waals surface area (Å²) in [4.78, 5) is 10.7. The molecule has 3 heteroatoms. The molecule has 0 fully saturated rings. The Kier molecular flexibility index (Phi) is 3.46. The third-order valence-electron chi connectivity index (χ3n) is 1.51. The third kappa shape index (κ3) is 3.25. The lowest BCUT2D eigenvalue weighted by molar-refractivity contribution is -0.171. The first-order chi connectivity index (χ1) is 6.22. The largest absolute Gasteiger partial charge is 0.433 e. The summed E-state index contributed by atoms with van der Waals surface area (Å²) in [6.07, 6.45) is 7.98. The second-order valence-corrected chi connectivity index (χ2v) is 2.58. The van der Waals surface area contributed by atoms with Crippen molar-refractivity contribution < 1.29 is 14.3 Å². The Morgan fingerprint density at radius 1 is 1.54 bits per heavy atom. The molecule has 13 heavy (non-hydrogen) atoms. The quantitative estimate of drug-likeness (QED) is 0.374. The first-order valence-electron chi connectivity index (χ1n) is 4.06. The molecule has 0 amide bonds. The Morgan fingerprint density at radius 3 is 2.69 bits per heavy atom. The van der Waals surface area contributed by atoms with E-state index in [1.807, 2.05) is 24.3 Å². The minimum Gasteiger partial charge on any atom is -0.433 e. The summed E-state index contributed by atoms with van der Waals surface area (Å²) in [5.74, 6) is -0.474. The second-order valence-electron chi connectivity index (χ2n) is 2.58. The van der Waals surface area contributed by atoms with Crippen molar-refractivity contribution in [2.45, 2.75) is 19.3 Å². The van der Waals surface area contributed by atoms with Crippen LogP contribution in [0.25, 0.3) is 0 Å². The maximum atomic E-state index is 10.7. The lowest BCUT2D eigenvalue weighted by Gasteiger charge is -2.15. The maximum absolute atomic E-state index is 10.7. The van der Waals surface area contributed by atoms with Crippen molar-refractivity contribution in [3.05, 3.63) is 37.0 Å². The standard InChI is InChI=1S/C10H12O3/c1-3-10(11)13-8(2)12-9-6-4-5-7-9/h3-9H,1H2,2H3. The van der Waals surface area contributed by atoms with E-state index >= 15 is 0 Å². The highest BCUT2D eigenvalue weighted by molar-refractivity contribution is 5.81. The molecule has 0 aliphatic heterocycles. The first kappa shape index (κ1) is 9.74. The van der Waals surface area contributed by atoms with Gasteiger partial charge in [0, 0.05) is 6.08 Å². The molecule has 1 aliphatic rings. The van der Waals surface area contributed by atoms with Gasteiger partial charge in [0.25, 0.3) is 0 Å². The van der Waals surface area contributed by atoms with Gasteiger partial charge in [-0.1, -0.05) is 30.9 Å². The number of rotatable bonds is 4. The molecule has 0 radical (unpaired) electrons. The molecule has 0 aromatic carbocycles. The zero-order valence-corrected chi connectivity index (χ0v) is 7.47. The number of allylic oxidation sites excluding steroid dienone is 2. The number of hydrogen-bond donors (Lipinski definition) is 0. The normalized spacial score (nSPS) is 17.3. The Labute approximate surface area is 77.3 Å². The Morgan fingerprint density at radius 2 is 2.15 bits per heavy atom. The summed E-state index contributed by atoms with van der Waals surface area (Å²) < 4.78 is 10.1. The summed E-state index contributed by atoms with van der Waals surface area (Å²) in [5.41, 5.74) is 0. The number of hydrogen-bond acceptors (Lipinski definition) is 3. The number of carbonyl (C=O) groups is 1.